The van der Waals surface area contributed by atoms with E-state index in [1.54, 1.807) is 6.07 Å². The molecule has 0 aliphatic heterocycles. The van der Waals surface area contributed by atoms with Gasteiger partial charge in [-0.3, -0.25) is 9.69 Å². The van der Waals surface area contributed by atoms with E-state index in [9.17, 15) is 4.79 Å². The number of carbonyl (C=O) groups is 1. The summed E-state index contributed by atoms with van der Waals surface area (Å²) < 4.78 is 0.868. The number of nitriles is 1. The van der Waals surface area contributed by atoms with E-state index in [0.717, 1.165) is 21.3 Å². The first-order valence-corrected chi connectivity index (χ1v) is 8.46. The lowest BCUT2D eigenvalue weighted by Crippen LogP contribution is -2.39. The molecule has 0 bridgehead atoms. The zero-order valence-corrected chi connectivity index (χ0v) is 15.6. The van der Waals surface area contributed by atoms with Crippen molar-refractivity contribution < 1.29 is 4.79 Å². The number of aryl methyl sites for hydroxylation is 1. The topological polar surface area (TPSA) is 56.1 Å². The van der Waals surface area contributed by atoms with Gasteiger partial charge in [-0.15, -0.1) is 0 Å². The molecular weight excluding hydrogens is 366 g/mol. The summed E-state index contributed by atoms with van der Waals surface area (Å²) in [7, 11) is 1.90. The van der Waals surface area contributed by atoms with Gasteiger partial charge in [0.15, 0.2) is 0 Å². The molecule has 2 rings (SSSR count). The lowest BCUT2D eigenvalue weighted by atomic mass is 10.1. The average molecular weight is 386 g/mol. The van der Waals surface area contributed by atoms with Gasteiger partial charge >= 0.3 is 0 Å². The quantitative estimate of drug-likeness (QED) is 0.842. The molecule has 0 aromatic heterocycles. The molecule has 2 aromatic rings. The molecule has 24 heavy (non-hydrogen) atoms. The fourth-order valence-corrected chi connectivity index (χ4v) is 2.92. The largest absolute Gasteiger partial charge is 0.324 e. The van der Waals surface area contributed by atoms with Gasteiger partial charge in [0.2, 0.25) is 5.91 Å². The molecule has 0 aliphatic rings. The first kappa shape index (κ1) is 18.2. The van der Waals surface area contributed by atoms with Crippen molar-refractivity contribution in [1.82, 2.24) is 4.90 Å². The summed E-state index contributed by atoms with van der Waals surface area (Å²) in [6.45, 7) is 4.47. The van der Waals surface area contributed by atoms with E-state index in [1.807, 2.05) is 62.2 Å². The third-order valence-electron chi connectivity index (χ3n) is 3.91. The molecule has 2 aromatic carbocycles. The van der Waals surface area contributed by atoms with Crippen LogP contribution in [-0.4, -0.2) is 23.9 Å². The Balaban J connectivity index is 2.02. The van der Waals surface area contributed by atoms with Crippen LogP contribution in [0, 0.1) is 18.3 Å². The van der Waals surface area contributed by atoms with Gasteiger partial charge in [-0.25, -0.2) is 0 Å². The van der Waals surface area contributed by atoms with Crippen molar-refractivity contribution in [3.8, 4) is 6.07 Å². The van der Waals surface area contributed by atoms with Crippen LogP contribution >= 0.6 is 15.9 Å². The molecule has 0 aliphatic carbocycles. The SMILES string of the molecule is Cc1ccc(NC(=O)C(C)N(C)Cc2cccc(C#N)c2)c(Br)c1. The molecule has 1 N–H and O–H groups in total. The summed E-state index contributed by atoms with van der Waals surface area (Å²) in [6, 6.07) is 15.1. The Hall–Kier alpha value is -2.16. The Morgan fingerprint density at radius 3 is 2.75 bits per heavy atom. The van der Waals surface area contributed by atoms with Crippen LogP contribution in [-0.2, 0) is 11.3 Å². The number of nitrogens with zero attached hydrogens (tertiary/aromatic N) is 2. The van der Waals surface area contributed by atoms with E-state index in [4.69, 9.17) is 5.26 Å². The van der Waals surface area contributed by atoms with Crippen LogP contribution < -0.4 is 5.32 Å². The van der Waals surface area contributed by atoms with E-state index in [1.165, 1.54) is 0 Å². The minimum atomic E-state index is -0.302. The highest BCUT2D eigenvalue weighted by Gasteiger charge is 2.19. The Bertz CT molecular complexity index is 782. The number of hydrogen-bond donors (Lipinski definition) is 1. The normalized spacial score (nSPS) is 11.8. The third-order valence-corrected chi connectivity index (χ3v) is 4.57. The monoisotopic (exact) mass is 385 g/mol. The first-order chi connectivity index (χ1) is 11.4. The maximum atomic E-state index is 12.5. The Kier molecular flexibility index (Phi) is 6.13. The van der Waals surface area contributed by atoms with Gasteiger partial charge in [-0.1, -0.05) is 18.2 Å². The highest BCUT2D eigenvalue weighted by Crippen LogP contribution is 2.23. The average Bonchev–Trinajstić information content (AvgIpc) is 2.56. The van der Waals surface area contributed by atoms with Crippen molar-refractivity contribution in [3.05, 3.63) is 63.6 Å². The van der Waals surface area contributed by atoms with Crippen molar-refractivity contribution in [2.75, 3.05) is 12.4 Å². The molecule has 0 spiro atoms. The van der Waals surface area contributed by atoms with Crippen molar-refractivity contribution in [2.24, 2.45) is 0 Å². The van der Waals surface area contributed by atoms with Crippen LogP contribution in [0.25, 0.3) is 0 Å². The molecule has 1 atom stereocenters. The first-order valence-electron chi connectivity index (χ1n) is 7.67. The summed E-state index contributed by atoms with van der Waals surface area (Å²) in [5.74, 6) is -0.0708. The molecule has 124 valence electrons. The number of amides is 1. The molecule has 4 nitrogen and oxygen atoms in total. The molecular formula is C19H20BrN3O. The summed E-state index contributed by atoms with van der Waals surface area (Å²) >= 11 is 3.47. The van der Waals surface area contributed by atoms with Gasteiger partial charge in [0.25, 0.3) is 0 Å². The van der Waals surface area contributed by atoms with Gasteiger partial charge in [-0.05, 0) is 72.2 Å². The summed E-state index contributed by atoms with van der Waals surface area (Å²) in [6.07, 6.45) is 0. The second-order valence-electron chi connectivity index (χ2n) is 5.88. The fourth-order valence-electron chi connectivity index (χ4n) is 2.32. The number of benzene rings is 2. The lowest BCUT2D eigenvalue weighted by molar-refractivity contribution is -0.120. The standard InChI is InChI=1S/C19H20BrN3O/c1-13-7-8-18(17(20)9-13)22-19(24)14(2)23(3)12-16-6-4-5-15(10-16)11-21/h4-10,14H,12H2,1-3H3,(H,22,24). The van der Waals surface area contributed by atoms with E-state index >= 15 is 0 Å². The predicted octanol–water partition coefficient (Wildman–Crippen LogP) is 4.09. The van der Waals surface area contributed by atoms with Crippen molar-refractivity contribution >= 4 is 27.5 Å². The van der Waals surface area contributed by atoms with Gasteiger partial charge in [0, 0.05) is 11.0 Å². The number of carbonyl (C=O) groups excluding carboxylic acids is 1. The number of nitrogens with one attached hydrogen (secondary N) is 1. The Labute approximate surface area is 151 Å². The van der Waals surface area contributed by atoms with Crippen LogP contribution in [0.5, 0.6) is 0 Å². The van der Waals surface area contributed by atoms with E-state index < -0.39 is 0 Å². The Morgan fingerprint density at radius 1 is 1.33 bits per heavy atom. The van der Waals surface area contributed by atoms with E-state index in [-0.39, 0.29) is 11.9 Å². The van der Waals surface area contributed by atoms with Crippen LogP contribution in [0.3, 0.4) is 0 Å². The maximum absolute atomic E-state index is 12.5. The highest BCUT2D eigenvalue weighted by atomic mass is 79.9. The lowest BCUT2D eigenvalue weighted by Gasteiger charge is -2.24. The van der Waals surface area contributed by atoms with Crippen LogP contribution in [0.1, 0.15) is 23.6 Å². The van der Waals surface area contributed by atoms with Crippen LogP contribution in [0.15, 0.2) is 46.9 Å². The van der Waals surface area contributed by atoms with Gasteiger partial charge in [-0.2, -0.15) is 5.26 Å². The molecule has 0 fully saturated rings. The summed E-state index contributed by atoms with van der Waals surface area (Å²) in [4.78, 5) is 14.4. The molecule has 5 heteroatoms. The second-order valence-corrected chi connectivity index (χ2v) is 6.73. The van der Waals surface area contributed by atoms with Crippen molar-refractivity contribution in [2.45, 2.75) is 26.4 Å². The van der Waals surface area contributed by atoms with Gasteiger partial charge in [0.05, 0.1) is 23.4 Å². The van der Waals surface area contributed by atoms with Crippen LogP contribution in [0.2, 0.25) is 0 Å². The zero-order valence-electron chi connectivity index (χ0n) is 14.0. The van der Waals surface area contributed by atoms with E-state index in [2.05, 4.69) is 27.3 Å². The molecule has 0 radical (unpaired) electrons. The molecule has 1 amide bonds. The highest BCUT2D eigenvalue weighted by molar-refractivity contribution is 9.10. The van der Waals surface area contributed by atoms with Gasteiger partial charge < -0.3 is 5.32 Å². The van der Waals surface area contributed by atoms with E-state index in [0.29, 0.717) is 12.1 Å². The zero-order chi connectivity index (χ0) is 17.7. The van der Waals surface area contributed by atoms with Crippen molar-refractivity contribution in [3.63, 3.8) is 0 Å². The maximum Gasteiger partial charge on any atom is 0.241 e. The number of anilines is 1. The van der Waals surface area contributed by atoms with Gasteiger partial charge in [0.1, 0.15) is 0 Å². The number of likely N-dealkylation sites (N-methyl/N-ethyl adjacent to an activating group) is 1. The fraction of sp³-hybridized carbons (Fsp3) is 0.263. The molecule has 1 unspecified atom stereocenters. The molecule has 0 heterocycles. The second kappa shape index (κ2) is 8.09. The van der Waals surface area contributed by atoms with Crippen LogP contribution in [0.4, 0.5) is 5.69 Å². The van der Waals surface area contributed by atoms with Crippen molar-refractivity contribution in [1.29, 1.82) is 5.26 Å². The number of rotatable bonds is 5. The third kappa shape index (κ3) is 4.67. The predicted molar refractivity (Wildman–Crippen MR) is 99.6 cm³/mol. The smallest absolute Gasteiger partial charge is 0.241 e. The minimum Gasteiger partial charge on any atom is -0.324 e. The number of hydrogen-bond acceptors (Lipinski definition) is 3. The summed E-state index contributed by atoms with van der Waals surface area (Å²) in [5.41, 5.74) is 3.52. The minimum absolute atomic E-state index is 0.0708. The molecule has 0 saturated carbocycles. The molecule has 0 saturated heterocycles. The Morgan fingerprint density at radius 2 is 2.08 bits per heavy atom. The number of halogens is 1. The summed E-state index contributed by atoms with van der Waals surface area (Å²) in [5, 5.41) is 11.9.